The van der Waals surface area contributed by atoms with E-state index in [0.29, 0.717) is 6.04 Å². The lowest BCUT2D eigenvalue weighted by atomic mass is 9.82. The van der Waals surface area contributed by atoms with Crippen LogP contribution in [-0.2, 0) is 0 Å². The molecule has 116 valence electrons. The first-order valence-electron chi connectivity index (χ1n) is 8.14. The van der Waals surface area contributed by atoms with E-state index in [2.05, 4.69) is 18.4 Å². The molecule has 2 aliphatic carbocycles. The number of nitrogens with one attached hydrogen (secondary N) is 1. The van der Waals surface area contributed by atoms with Gasteiger partial charge in [-0.25, -0.2) is 0 Å². The summed E-state index contributed by atoms with van der Waals surface area (Å²) in [5, 5.41) is 3.50. The second-order valence-electron chi connectivity index (χ2n) is 6.62. The smallest absolute Gasteiger partial charge is 0.127 e. The highest BCUT2D eigenvalue weighted by Gasteiger charge is 2.40. The van der Waals surface area contributed by atoms with Gasteiger partial charge in [-0.05, 0) is 56.6 Å². The van der Waals surface area contributed by atoms with Crippen molar-refractivity contribution in [2.24, 2.45) is 17.8 Å². The predicted octanol–water partition coefficient (Wildman–Crippen LogP) is 3.79. The van der Waals surface area contributed by atoms with E-state index in [1.54, 1.807) is 14.2 Å². The fraction of sp³-hybridized carbons (Fsp3) is 0.667. The highest BCUT2D eigenvalue weighted by Crippen LogP contribution is 2.51. The van der Waals surface area contributed by atoms with Gasteiger partial charge >= 0.3 is 0 Å². The van der Waals surface area contributed by atoms with E-state index in [-0.39, 0.29) is 0 Å². The summed E-state index contributed by atoms with van der Waals surface area (Å²) in [5.74, 6) is 4.64. The van der Waals surface area contributed by atoms with Crippen molar-refractivity contribution in [1.82, 2.24) is 5.32 Å². The number of fused-ring (bicyclic) bond motifs is 2. The van der Waals surface area contributed by atoms with E-state index < -0.39 is 0 Å². The summed E-state index contributed by atoms with van der Waals surface area (Å²) in [6.45, 7) is 0. The minimum atomic E-state index is 0.371. The van der Waals surface area contributed by atoms with Crippen LogP contribution in [0.2, 0.25) is 0 Å². The molecule has 2 fully saturated rings. The molecule has 0 amide bonds. The molecule has 3 rings (SSSR count). The molecule has 3 nitrogen and oxygen atoms in total. The Kier molecular flexibility index (Phi) is 4.39. The van der Waals surface area contributed by atoms with E-state index in [0.717, 1.165) is 29.3 Å². The fourth-order valence-electron chi connectivity index (χ4n) is 4.47. The number of benzene rings is 1. The second kappa shape index (κ2) is 6.27. The number of hydrogen-bond acceptors (Lipinski definition) is 3. The second-order valence-corrected chi connectivity index (χ2v) is 6.62. The van der Waals surface area contributed by atoms with Gasteiger partial charge in [0.2, 0.25) is 0 Å². The van der Waals surface area contributed by atoms with E-state index in [4.69, 9.17) is 9.47 Å². The van der Waals surface area contributed by atoms with Crippen molar-refractivity contribution >= 4 is 0 Å². The van der Waals surface area contributed by atoms with Crippen LogP contribution in [0.4, 0.5) is 0 Å². The Morgan fingerprint density at radius 3 is 2.62 bits per heavy atom. The molecular weight excluding hydrogens is 262 g/mol. The van der Waals surface area contributed by atoms with Crippen LogP contribution in [0.15, 0.2) is 18.2 Å². The third-order valence-corrected chi connectivity index (χ3v) is 5.59. The standard InChI is InChI=1S/C18H27NO2/c1-19-17(10-14-9-12-4-5-13(14)8-12)16-7-6-15(20-2)11-18(16)21-3/h6-7,11-14,17,19H,4-5,8-10H2,1-3H3. The average molecular weight is 289 g/mol. The first-order chi connectivity index (χ1) is 10.2. The minimum absolute atomic E-state index is 0.371. The molecular formula is C18H27NO2. The van der Waals surface area contributed by atoms with Crippen molar-refractivity contribution in [3.63, 3.8) is 0 Å². The van der Waals surface area contributed by atoms with Crippen molar-refractivity contribution in [3.8, 4) is 11.5 Å². The Balaban J connectivity index is 1.76. The third-order valence-electron chi connectivity index (χ3n) is 5.59. The molecule has 4 atom stereocenters. The van der Waals surface area contributed by atoms with Crippen molar-refractivity contribution in [1.29, 1.82) is 0 Å². The summed E-state index contributed by atoms with van der Waals surface area (Å²) in [7, 11) is 5.49. The summed E-state index contributed by atoms with van der Waals surface area (Å²) in [6.07, 6.45) is 7.05. The number of methoxy groups -OCH3 is 2. The van der Waals surface area contributed by atoms with Crippen LogP contribution in [0.3, 0.4) is 0 Å². The number of ether oxygens (including phenoxy) is 2. The van der Waals surface area contributed by atoms with Gasteiger partial charge in [-0.1, -0.05) is 12.5 Å². The van der Waals surface area contributed by atoms with Gasteiger partial charge < -0.3 is 14.8 Å². The van der Waals surface area contributed by atoms with Crippen LogP contribution in [0, 0.1) is 17.8 Å². The summed E-state index contributed by atoms with van der Waals surface area (Å²) in [5.41, 5.74) is 1.25. The molecule has 4 unspecified atom stereocenters. The molecule has 3 heteroatoms. The van der Waals surface area contributed by atoms with Crippen LogP contribution in [0.5, 0.6) is 11.5 Å². The number of hydrogen-bond donors (Lipinski definition) is 1. The van der Waals surface area contributed by atoms with E-state index in [1.807, 2.05) is 12.1 Å². The SMILES string of the molecule is CNC(CC1CC2CCC1C2)c1ccc(OC)cc1OC. The largest absolute Gasteiger partial charge is 0.497 e. The molecule has 2 bridgehead atoms. The van der Waals surface area contributed by atoms with Gasteiger partial charge in [-0.2, -0.15) is 0 Å². The van der Waals surface area contributed by atoms with E-state index >= 15 is 0 Å². The minimum Gasteiger partial charge on any atom is -0.497 e. The molecule has 1 aromatic carbocycles. The molecule has 2 aliphatic rings. The monoisotopic (exact) mass is 289 g/mol. The zero-order chi connectivity index (χ0) is 14.8. The summed E-state index contributed by atoms with van der Waals surface area (Å²) in [4.78, 5) is 0. The van der Waals surface area contributed by atoms with Gasteiger partial charge in [0.1, 0.15) is 11.5 Å². The molecule has 2 saturated carbocycles. The van der Waals surface area contributed by atoms with Gasteiger partial charge in [0, 0.05) is 17.7 Å². The highest BCUT2D eigenvalue weighted by atomic mass is 16.5. The summed E-state index contributed by atoms with van der Waals surface area (Å²) < 4.78 is 10.9. The van der Waals surface area contributed by atoms with Gasteiger partial charge in [-0.3, -0.25) is 0 Å². The normalized spacial score (nSPS) is 28.6. The van der Waals surface area contributed by atoms with Crippen molar-refractivity contribution in [2.45, 2.75) is 38.1 Å². The first-order valence-corrected chi connectivity index (χ1v) is 8.14. The molecule has 0 saturated heterocycles. The summed E-state index contributed by atoms with van der Waals surface area (Å²) >= 11 is 0. The van der Waals surface area contributed by atoms with Crippen molar-refractivity contribution in [2.75, 3.05) is 21.3 Å². The van der Waals surface area contributed by atoms with Gasteiger partial charge in [0.05, 0.1) is 14.2 Å². The van der Waals surface area contributed by atoms with Crippen molar-refractivity contribution in [3.05, 3.63) is 23.8 Å². The van der Waals surface area contributed by atoms with Gasteiger partial charge in [0.25, 0.3) is 0 Å². The molecule has 0 spiro atoms. The molecule has 1 aromatic rings. The highest BCUT2D eigenvalue weighted by molar-refractivity contribution is 5.42. The average Bonchev–Trinajstić information content (AvgIpc) is 3.14. The lowest BCUT2D eigenvalue weighted by Crippen LogP contribution is -2.23. The number of rotatable bonds is 6. The topological polar surface area (TPSA) is 30.5 Å². The quantitative estimate of drug-likeness (QED) is 0.864. The Morgan fingerprint density at radius 2 is 2.05 bits per heavy atom. The molecule has 0 heterocycles. The van der Waals surface area contributed by atoms with Crippen LogP contribution < -0.4 is 14.8 Å². The lowest BCUT2D eigenvalue weighted by molar-refractivity contribution is 0.280. The Labute approximate surface area is 128 Å². The van der Waals surface area contributed by atoms with Crippen LogP contribution in [0.1, 0.15) is 43.7 Å². The van der Waals surface area contributed by atoms with Crippen molar-refractivity contribution < 1.29 is 9.47 Å². The van der Waals surface area contributed by atoms with Crippen LogP contribution in [0.25, 0.3) is 0 Å². The summed E-state index contributed by atoms with van der Waals surface area (Å²) in [6, 6.07) is 6.53. The maximum absolute atomic E-state index is 5.58. The zero-order valence-electron chi connectivity index (χ0n) is 13.4. The first kappa shape index (κ1) is 14.7. The van der Waals surface area contributed by atoms with E-state index in [1.165, 1.54) is 37.7 Å². The maximum atomic E-state index is 5.58. The molecule has 1 N–H and O–H groups in total. The van der Waals surface area contributed by atoms with Crippen LogP contribution >= 0.6 is 0 Å². The lowest BCUT2D eigenvalue weighted by Gasteiger charge is -2.27. The van der Waals surface area contributed by atoms with E-state index in [9.17, 15) is 0 Å². The molecule has 0 radical (unpaired) electrons. The maximum Gasteiger partial charge on any atom is 0.127 e. The zero-order valence-corrected chi connectivity index (χ0v) is 13.4. The molecule has 21 heavy (non-hydrogen) atoms. The Hall–Kier alpha value is -1.22. The van der Waals surface area contributed by atoms with Gasteiger partial charge in [-0.15, -0.1) is 0 Å². The fourth-order valence-corrected chi connectivity index (χ4v) is 4.47. The predicted molar refractivity (Wildman–Crippen MR) is 84.9 cm³/mol. The Bertz CT molecular complexity index is 488. The van der Waals surface area contributed by atoms with Gasteiger partial charge in [0.15, 0.2) is 0 Å². The third kappa shape index (κ3) is 2.89. The van der Waals surface area contributed by atoms with Crippen LogP contribution in [-0.4, -0.2) is 21.3 Å². The molecule has 0 aliphatic heterocycles. The molecule has 0 aromatic heterocycles. The Morgan fingerprint density at radius 1 is 1.19 bits per heavy atom.